The van der Waals surface area contributed by atoms with Crippen molar-refractivity contribution in [3.05, 3.63) is 30.3 Å². The quantitative estimate of drug-likeness (QED) is 0.498. The Bertz CT molecular complexity index is 393. The number of esters is 1. The number of para-hydroxylation sites is 1. The highest BCUT2D eigenvalue weighted by Gasteiger charge is 2.18. The van der Waals surface area contributed by atoms with Gasteiger partial charge >= 0.3 is 5.97 Å². The van der Waals surface area contributed by atoms with E-state index in [1.54, 1.807) is 45.0 Å². The summed E-state index contributed by atoms with van der Waals surface area (Å²) in [6.45, 7) is 5.35. The lowest BCUT2D eigenvalue weighted by atomic mass is 10.2. The van der Waals surface area contributed by atoms with Crippen LogP contribution >= 0.6 is 0 Å². The highest BCUT2D eigenvalue weighted by molar-refractivity contribution is 5.93. The first kappa shape index (κ1) is 13.2. The molecule has 4 nitrogen and oxygen atoms in total. The number of carbonyl (C=O) groups is 1. The van der Waals surface area contributed by atoms with Crippen LogP contribution < -0.4 is 4.74 Å². The fourth-order valence-corrected chi connectivity index (χ4v) is 1.18. The zero-order valence-electron chi connectivity index (χ0n) is 10.3. The molecule has 0 saturated heterocycles. The van der Waals surface area contributed by atoms with Gasteiger partial charge in [0.25, 0.3) is 0 Å². The lowest BCUT2D eigenvalue weighted by molar-refractivity contribution is -0.153. The van der Waals surface area contributed by atoms with Gasteiger partial charge in [0.15, 0.2) is 5.90 Å². The molecule has 0 bridgehead atoms. The molecule has 0 fully saturated rings. The van der Waals surface area contributed by atoms with E-state index in [0.29, 0.717) is 5.75 Å². The van der Waals surface area contributed by atoms with Crippen LogP contribution in [0.15, 0.2) is 30.3 Å². The van der Waals surface area contributed by atoms with Crippen molar-refractivity contribution >= 4 is 11.9 Å². The standard InChI is InChI=1S/C13H17NO3/c1-13(2,3)17-12(15)9-11(14)16-10-7-5-4-6-8-10/h4-8,14H,9H2,1-3H3. The molecule has 4 heteroatoms. The van der Waals surface area contributed by atoms with Crippen molar-refractivity contribution in [1.82, 2.24) is 0 Å². The summed E-state index contributed by atoms with van der Waals surface area (Å²) in [5, 5.41) is 7.54. The topological polar surface area (TPSA) is 59.4 Å². The van der Waals surface area contributed by atoms with Crippen molar-refractivity contribution in [1.29, 1.82) is 5.41 Å². The molecule has 0 aliphatic carbocycles. The predicted molar refractivity (Wildman–Crippen MR) is 65.3 cm³/mol. The molecule has 1 N–H and O–H groups in total. The van der Waals surface area contributed by atoms with E-state index in [-0.39, 0.29) is 12.3 Å². The maximum Gasteiger partial charge on any atom is 0.315 e. The molecule has 1 rings (SSSR count). The zero-order chi connectivity index (χ0) is 12.9. The molecular formula is C13H17NO3. The molecule has 92 valence electrons. The number of hydrogen-bond acceptors (Lipinski definition) is 4. The van der Waals surface area contributed by atoms with Crippen molar-refractivity contribution in [3.63, 3.8) is 0 Å². The molecule has 0 radical (unpaired) electrons. The fraction of sp³-hybridized carbons (Fsp3) is 0.385. The van der Waals surface area contributed by atoms with E-state index in [2.05, 4.69) is 0 Å². The zero-order valence-corrected chi connectivity index (χ0v) is 10.3. The monoisotopic (exact) mass is 235 g/mol. The lowest BCUT2D eigenvalue weighted by Gasteiger charge is -2.19. The Morgan fingerprint density at radius 1 is 1.24 bits per heavy atom. The van der Waals surface area contributed by atoms with Gasteiger partial charge in [-0.05, 0) is 32.9 Å². The van der Waals surface area contributed by atoms with E-state index in [1.807, 2.05) is 6.07 Å². The summed E-state index contributed by atoms with van der Waals surface area (Å²) in [5.41, 5.74) is -0.538. The SMILES string of the molecule is CC(C)(C)OC(=O)CC(=N)Oc1ccccc1. The van der Waals surface area contributed by atoms with Gasteiger partial charge in [-0.15, -0.1) is 0 Å². The third kappa shape index (κ3) is 5.70. The molecule has 0 atom stereocenters. The summed E-state index contributed by atoms with van der Waals surface area (Å²) < 4.78 is 10.3. The Kier molecular flexibility index (Phi) is 4.26. The van der Waals surface area contributed by atoms with Crippen LogP contribution in [0.4, 0.5) is 0 Å². The van der Waals surface area contributed by atoms with Gasteiger partial charge in [-0.2, -0.15) is 0 Å². The summed E-state index contributed by atoms with van der Waals surface area (Å²) in [7, 11) is 0. The van der Waals surface area contributed by atoms with Gasteiger partial charge in [0.05, 0.1) is 0 Å². The number of carbonyl (C=O) groups excluding carboxylic acids is 1. The van der Waals surface area contributed by atoms with Crippen LogP contribution in [0.3, 0.4) is 0 Å². The normalized spacial score (nSPS) is 10.8. The molecule has 1 aromatic rings. The summed E-state index contributed by atoms with van der Waals surface area (Å²) in [6.07, 6.45) is -0.161. The molecular weight excluding hydrogens is 218 g/mol. The van der Waals surface area contributed by atoms with Crippen LogP contribution in [0.2, 0.25) is 0 Å². The third-order valence-electron chi connectivity index (χ3n) is 1.71. The maximum absolute atomic E-state index is 11.4. The fourth-order valence-electron chi connectivity index (χ4n) is 1.18. The highest BCUT2D eigenvalue weighted by atomic mass is 16.6. The Labute approximate surface area is 101 Å². The van der Waals surface area contributed by atoms with Crippen molar-refractivity contribution in [2.45, 2.75) is 32.8 Å². The number of benzene rings is 1. The van der Waals surface area contributed by atoms with Crippen LogP contribution in [0, 0.1) is 5.41 Å². The molecule has 17 heavy (non-hydrogen) atoms. The van der Waals surface area contributed by atoms with E-state index >= 15 is 0 Å². The van der Waals surface area contributed by atoms with Crippen molar-refractivity contribution in [2.24, 2.45) is 0 Å². The van der Waals surface area contributed by atoms with E-state index in [4.69, 9.17) is 14.9 Å². The number of rotatable bonds is 3. The molecule has 0 saturated carbocycles. The molecule has 0 spiro atoms. The minimum absolute atomic E-state index is 0.120. The summed E-state index contributed by atoms with van der Waals surface area (Å²) >= 11 is 0. The minimum atomic E-state index is -0.538. The first-order chi connectivity index (χ1) is 7.87. The number of ether oxygens (including phenoxy) is 2. The van der Waals surface area contributed by atoms with Gasteiger partial charge in [-0.1, -0.05) is 18.2 Å². The minimum Gasteiger partial charge on any atom is -0.460 e. The second-order valence-corrected chi connectivity index (χ2v) is 4.60. The van der Waals surface area contributed by atoms with E-state index in [0.717, 1.165) is 0 Å². The number of hydrogen-bond donors (Lipinski definition) is 1. The van der Waals surface area contributed by atoms with Crippen LogP contribution in [0.5, 0.6) is 5.75 Å². The summed E-state index contributed by atoms with van der Waals surface area (Å²) in [6, 6.07) is 8.91. The van der Waals surface area contributed by atoms with Gasteiger partial charge in [0.1, 0.15) is 17.8 Å². The van der Waals surface area contributed by atoms with Crippen LogP contribution in [0.1, 0.15) is 27.2 Å². The van der Waals surface area contributed by atoms with Gasteiger partial charge in [-0.3, -0.25) is 10.2 Å². The van der Waals surface area contributed by atoms with Gasteiger partial charge in [0.2, 0.25) is 0 Å². The average Bonchev–Trinajstić information content (AvgIpc) is 2.15. The van der Waals surface area contributed by atoms with Crippen LogP contribution in [0.25, 0.3) is 0 Å². The molecule has 0 aliphatic heterocycles. The van der Waals surface area contributed by atoms with Crippen LogP contribution in [-0.2, 0) is 9.53 Å². The smallest absolute Gasteiger partial charge is 0.315 e. The lowest BCUT2D eigenvalue weighted by Crippen LogP contribution is -2.26. The maximum atomic E-state index is 11.4. The Balaban J connectivity index is 2.43. The number of nitrogens with one attached hydrogen (secondary N) is 1. The molecule has 0 aromatic heterocycles. The van der Waals surface area contributed by atoms with Crippen molar-refractivity contribution < 1.29 is 14.3 Å². The molecule has 1 aromatic carbocycles. The second kappa shape index (κ2) is 5.48. The molecule has 0 aliphatic rings. The van der Waals surface area contributed by atoms with E-state index in [9.17, 15) is 4.79 Å². The van der Waals surface area contributed by atoms with Gasteiger partial charge in [0, 0.05) is 0 Å². The van der Waals surface area contributed by atoms with Crippen molar-refractivity contribution in [3.8, 4) is 5.75 Å². The largest absolute Gasteiger partial charge is 0.460 e. The Morgan fingerprint density at radius 3 is 2.35 bits per heavy atom. The van der Waals surface area contributed by atoms with E-state index < -0.39 is 11.6 Å². The highest BCUT2D eigenvalue weighted by Crippen LogP contribution is 2.11. The molecule has 0 unspecified atom stereocenters. The van der Waals surface area contributed by atoms with E-state index in [1.165, 1.54) is 0 Å². The van der Waals surface area contributed by atoms with Crippen LogP contribution in [-0.4, -0.2) is 17.5 Å². The molecule has 0 heterocycles. The average molecular weight is 235 g/mol. The summed E-state index contributed by atoms with van der Waals surface area (Å²) in [5.74, 6) is -0.0371. The second-order valence-electron chi connectivity index (χ2n) is 4.60. The first-order valence-electron chi connectivity index (χ1n) is 5.39. The first-order valence-corrected chi connectivity index (χ1v) is 5.39. The summed E-state index contributed by atoms with van der Waals surface area (Å²) in [4.78, 5) is 11.4. The van der Waals surface area contributed by atoms with Gasteiger partial charge < -0.3 is 9.47 Å². The van der Waals surface area contributed by atoms with Crippen molar-refractivity contribution in [2.75, 3.05) is 0 Å². The third-order valence-corrected chi connectivity index (χ3v) is 1.71. The Morgan fingerprint density at radius 2 is 1.82 bits per heavy atom. The Hall–Kier alpha value is -1.84. The van der Waals surface area contributed by atoms with Gasteiger partial charge in [-0.25, -0.2) is 0 Å². The predicted octanol–water partition coefficient (Wildman–Crippen LogP) is 2.77. The molecule has 0 amide bonds.